The molecule has 0 atom stereocenters. The third-order valence-corrected chi connectivity index (χ3v) is 0.949. The van der Waals surface area contributed by atoms with Gasteiger partial charge in [-0.15, -0.1) is 10.2 Å². The number of rotatable bonds is 1. The van der Waals surface area contributed by atoms with Crippen LogP contribution in [0.5, 0.6) is 0 Å². The average Bonchev–Trinajstić information content (AvgIpc) is 2.03. The Hall–Kier alpha value is -0.980. The molecule has 6 heteroatoms. The van der Waals surface area contributed by atoms with Crippen LogP contribution in [0.3, 0.4) is 0 Å². The molecule has 0 aliphatic rings. The lowest BCUT2D eigenvalue weighted by atomic mass is 10.5. The van der Waals surface area contributed by atoms with Crippen LogP contribution < -0.4 is 23.2 Å². The monoisotopic (exact) mass is 205 g/mol. The molecule has 1 heterocycles. The largest absolute Gasteiger partial charge is 0.222 e. The maximum absolute atomic E-state index is 8.49. The van der Waals surface area contributed by atoms with E-state index in [4.69, 9.17) is 18.6 Å². The molecule has 0 saturated heterocycles. The molecule has 1 aromatic heterocycles. The first kappa shape index (κ1) is 12.0. The molecule has 0 radical (unpaired) electrons. The number of aromatic nitrogens is 1. The van der Waals surface area contributed by atoms with E-state index in [0.717, 1.165) is 0 Å². The summed E-state index contributed by atoms with van der Waals surface area (Å²) in [5.41, 5.74) is 0. The van der Waals surface area contributed by atoms with E-state index in [1.807, 2.05) is 35.2 Å². The van der Waals surface area contributed by atoms with Crippen molar-refractivity contribution in [1.82, 2.24) is 0 Å². The molecule has 0 fully saturated rings. The van der Waals surface area contributed by atoms with Gasteiger partial charge >= 0.3 is 0 Å². The number of halogens is 1. The summed E-state index contributed by atoms with van der Waals surface area (Å²) in [6, 6.07) is 5.89. The molecule has 0 unspecified atom stereocenters. The van der Waals surface area contributed by atoms with Gasteiger partial charge in [0.1, 0.15) is 0 Å². The Balaban J connectivity index is 0.000000252. The number of hydrogen-bond donors (Lipinski definition) is 0. The number of nitrogens with zero attached hydrogens (tertiary/aromatic N) is 1. The van der Waals surface area contributed by atoms with E-state index in [0.29, 0.717) is 0 Å². The van der Waals surface area contributed by atoms with Gasteiger partial charge < -0.3 is 0 Å². The quantitative estimate of drug-likeness (QED) is 0.441. The van der Waals surface area contributed by atoms with E-state index < -0.39 is 10.2 Å². The molecule has 0 bridgehead atoms. The first-order valence-corrected chi connectivity index (χ1v) is 4.37. The highest BCUT2D eigenvalue weighted by Crippen LogP contribution is 1.74. The smallest absolute Gasteiger partial charge is 0.174 e. The standard InChI is InChI=1S/C7H8N.ClHO4/c1-2-8-6-4-3-5-7-8;2-1(3,4)5/h2-7H,1H2;(H,2,3,4,5)/q+1;/p-1. The summed E-state index contributed by atoms with van der Waals surface area (Å²) in [6.45, 7) is 3.59. The van der Waals surface area contributed by atoms with Gasteiger partial charge in [0.15, 0.2) is 18.6 Å². The fourth-order valence-electron chi connectivity index (χ4n) is 0.534. The number of pyridine rings is 1. The molecule has 72 valence electrons. The van der Waals surface area contributed by atoms with Crippen molar-refractivity contribution in [2.24, 2.45) is 0 Å². The second-order valence-electron chi connectivity index (χ2n) is 1.88. The van der Waals surface area contributed by atoms with Crippen LogP contribution >= 0.6 is 0 Å². The topological polar surface area (TPSA) is 96.1 Å². The third kappa shape index (κ3) is 11.0. The van der Waals surface area contributed by atoms with Crippen molar-refractivity contribution in [1.29, 1.82) is 0 Å². The van der Waals surface area contributed by atoms with Gasteiger partial charge in [0, 0.05) is 12.1 Å². The minimum Gasteiger partial charge on any atom is -0.222 e. The first-order valence-electron chi connectivity index (χ1n) is 3.13. The number of hydrogen-bond acceptors (Lipinski definition) is 4. The van der Waals surface area contributed by atoms with Gasteiger partial charge in [0.2, 0.25) is 0 Å². The zero-order chi connectivity index (χ0) is 10.3. The maximum Gasteiger partial charge on any atom is 0.174 e. The van der Waals surface area contributed by atoms with Gasteiger partial charge in [-0.3, -0.25) is 0 Å². The normalized spacial score (nSPS) is 9.85. The minimum absolute atomic E-state index is 1.75. The molecular formula is C7H8ClNO4. The second kappa shape index (κ2) is 5.63. The van der Waals surface area contributed by atoms with Crippen LogP contribution in [0.1, 0.15) is 0 Å². The van der Waals surface area contributed by atoms with Crippen molar-refractivity contribution >= 4 is 6.20 Å². The van der Waals surface area contributed by atoms with Gasteiger partial charge in [-0.25, -0.2) is 18.6 Å². The second-order valence-corrected chi connectivity index (χ2v) is 2.64. The molecular weight excluding hydrogens is 198 g/mol. The molecule has 0 spiro atoms. The van der Waals surface area contributed by atoms with Crippen LogP contribution in [-0.2, 0) is 0 Å². The van der Waals surface area contributed by atoms with Gasteiger partial charge in [-0.2, -0.15) is 4.57 Å². The van der Waals surface area contributed by atoms with Crippen molar-refractivity contribution in [3.63, 3.8) is 0 Å². The van der Waals surface area contributed by atoms with Gasteiger partial charge in [-0.1, -0.05) is 6.07 Å². The molecule has 0 aliphatic carbocycles. The lowest BCUT2D eigenvalue weighted by molar-refractivity contribution is -2.00. The summed E-state index contributed by atoms with van der Waals surface area (Å²) in [4.78, 5) is 0. The lowest BCUT2D eigenvalue weighted by Gasteiger charge is -2.17. The Kier molecular flexibility index (Phi) is 5.20. The molecule has 5 nitrogen and oxygen atoms in total. The predicted molar refractivity (Wildman–Crippen MR) is 33.0 cm³/mol. The van der Waals surface area contributed by atoms with Crippen molar-refractivity contribution in [3.05, 3.63) is 37.2 Å². The Labute approximate surface area is 77.5 Å². The van der Waals surface area contributed by atoms with Crippen LogP contribution in [0.15, 0.2) is 37.2 Å². The molecule has 0 saturated carbocycles. The van der Waals surface area contributed by atoms with E-state index in [-0.39, 0.29) is 0 Å². The Morgan fingerprint density at radius 3 is 1.62 bits per heavy atom. The summed E-state index contributed by atoms with van der Waals surface area (Å²) in [5, 5.41) is 0. The van der Waals surface area contributed by atoms with Crippen molar-refractivity contribution in [3.8, 4) is 0 Å². The highest BCUT2D eigenvalue weighted by Gasteiger charge is 1.84. The lowest BCUT2D eigenvalue weighted by Crippen LogP contribution is -2.68. The SMILES string of the molecule is C=C[n+]1ccccc1.[O-][Cl+3]([O-])([O-])[O-]. The summed E-state index contributed by atoms with van der Waals surface area (Å²) in [7, 11) is -4.94. The van der Waals surface area contributed by atoms with Crippen LogP contribution in [0, 0.1) is 10.2 Å². The molecule has 1 rings (SSSR count). The fourth-order valence-corrected chi connectivity index (χ4v) is 0.534. The van der Waals surface area contributed by atoms with E-state index in [1.165, 1.54) is 0 Å². The zero-order valence-electron chi connectivity index (χ0n) is 6.63. The third-order valence-electron chi connectivity index (χ3n) is 0.949. The van der Waals surface area contributed by atoms with E-state index in [1.54, 1.807) is 6.20 Å². The van der Waals surface area contributed by atoms with Gasteiger partial charge in [-0.05, 0) is 6.58 Å². The van der Waals surface area contributed by atoms with Crippen molar-refractivity contribution < 1.29 is 33.4 Å². The molecule has 13 heavy (non-hydrogen) atoms. The maximum atomic E-state index is 8.49. The van der Waals surface area contributed by atoms with Crippen molar-refractivity contribution in [2.75, 3.05) is 0 Å². The first-order chi connectivity index (χ1) is 5.93. The van der Waals surface area contributed by atoms with Gasteiger partial charge in [0.25, 0.3) is 0 Å². The Morgan fingerprint density at radius 1 is 1.00 bits per heavy atom. The van der Waals surface area contributed by atoms with E-state index >= 15 is 0 Å². The molecule has 0 amide bonds. The van der Waals surface area contributed by atoms with Crippen LogP contribution in [0.4, 0.5) is 0 Å². The van der Waals surface area contributed by atoms with Gasteiger partial charge in [0.05, 0.1) is 0 Å². The zero-order valence-corrected chi connectivity index (χ0v) is 7.39. The summed E-state index contributed by atoms with van der Waals surface area (Å²) < 4.78 is 35.9. The fraction of sp³-hybridized carbons (Fsp3) is 0. The van der Waals surface area contributed by atoms with E-state index in [9.17, 15) is 0 Å². The van der Waals surface area contributed by atoms with Crippen LogP contribution in [-0.4, -0.2) is 0 Å². The Bertz CT molecular complexity index is 240. The highest BCUT2D eigenvalue weighted by molar-refractivity contribution is 4.97. The highest BCUT2D eigenvalue weighted by atomic mass is 35.7. The molecule has 0 aliphatic heterocycles. The minimum atomic E-state index is -4.94. The summed E-state index contributed by atoms with van der Waals surface area (Å²) in [5.74, 6) is 0. The molecule has 0 aromatic carbocycles. The molecule has 0 N–H and O–H groups in total. The van der Waals surface area contributed by atoms with Crippen molar-refractivity contribution in [2.45, 2.75) is 0 Å². The predicted octanol–water partition coefficient (Wildman–Crippen LogP) is -3.68. The summed E-state index contributed by atoms with van der Waals surface area (Å²) in [6.07, 6.45) is 5.62. The average molecular weight is 206 g/mol. The Morgan fingerprint density at radius 2 is 1.38 bits per heavy atom. The summed E-state index contributed by atoms with van der Waals surface area (Å²) >= 11 is 0. The molecule has 1 aromatic rings. The van der Waals surface area contributed by atoms with Crippen LogP contribution in [0.2, 0.25) is 0 Å². The van der Waals surface area contributed by atoms with E-state index in [2.05, 4.69) is 6.58 Å². The van der Waals surface area contributed by atoms with Crippen LogP contribution in [0.25, 0.3) is 6.20 Å².